The van der Waals surface area contributed by atoms with Crippen LogP contribution in [0.15, 0.2) is 48.5 Å². The highest BCUT2D eigenvalue weighted by molar-refractivity contribution is 5.88. The van der Waals surface area contributed by atoms with E-state index in [1.807, 2.05) is 0 Å². The second-order valence-corrected chi connectivity index (χ2v) is 9.63. The highest BCUT2D eigenvalue weighted by Crippen LogP contribution is 2.46. The molecule has 6 rings (SSSR count). The van der Waals surface area contributed by atoms with Crippen LogP contribution in [0.1, 0.15) is 48.6 Å². The number of hydrogen-bond donors (Lipinski definition) is 2. The van der Waals surface area contributed by atoms with E-state index in [-0.39, 0.29) is 6.10 Å². The van der Waals surface area contributed by atoms with Crippen LogP contribution >= 0.6 is 0 Å². The van der Waals surface area contributed by atoms with E-state index in [1.54, 1.807) is 0 Å². The fourth-order valence-corrected chi connectivity index (χ4v) is 6.56. The first kappa shape index (κ1) is 19.5. The Morgan fingerprint density at radius 2 is 1.94 bits per heavy atom. The van der Waals surface area contributed by atoms with Crippen molar-refractivity contribution in [1.82, 2.24) is 9.88 Å². The summed E-state index contributed by atoms with van der Waals surface area (Å²) in [5.74, 6) is 1.50. The lowest BCUT2D eigenvalue weighted by molar-refractivity contribution is -0.0118. The summed E-state index contributed by atoms with van der Waals surface area (Å²) in [6, 6.07) is 17.5. The van der Waals surface area contributed by atoms with Crippen molar-refractivity contribution in [3.05, 3.63) is 65.4 Å². The zero-order chi connectivity index (χ0) is 20.8. The van der Waals surface area contributed by atoms with Crippen LogP contribution < -0.4 is 5.32 Å². The van der Waals surface area contributed by atoms with Crippen molar-refractivity contribution in [1.29, 1.82) is 0 Å². The monoisotopic (exact) mass is 416 g/mol. The van der Waals surface area contributed by atoms with Crippen LogP contribution in [0.3, 0.4) is 0 Å². The maximum atomic E-state index is 10.2. The van der Waals surface area contributed by atoms with Gasteiger partial charge in [0.15, 0.2) is 0 Å². The van der Waals surface area contributed by atoms with Crippen molar-refractivity contribution < 1.29 is 9.84 Å². The Hall–Kier alpha value is -2.14. The van der Waals surface area contributed by atoms with Gasteiger partial charge in [0.2, 0.25) is 0 Å². The average molecular weight is 417 g/mol. The van der Waals surface area contributed by atoms with Gasteiger partial charge in [0.1, 0.15) is 0 Å². The van der Waals surface area contributed by atoms with E-state index in [9.17, 15) is 5.11 Å². The summed E-state index contributed by atoms with van der Waals surface area (Å²) in [7, 11) is 0. The number of fused-ring (bicyclic) bond motifs is 6. The van der Waals surface area contributed by atoms with Crippen LogP contribution in [0, 0.1) is 17.8 Å². The second kappa shape index (κ2) is 8.09. The number of hydrogen-bond acceptors (Lipinski definition) is 3. The molecule has 162 valence electrons. The Morgan fingerprint density at radius 3 is 2.87 bits per heavy atom. The van der Waals surface area contributed by atoms with Crippen molar-refractivity contribution in [3.8, 4) is 5.69 Å². The minimum Gasteiger partial charge on any atom is -0.396 e. The molecule has 4 heteroatoms. The summed E-state index contributed by atoms with van der Waals surface area (Å²) < 4.78 is 9.21. The molecule has 2 N–H and O–H groups in total. The molecule has 4 atom stereocenters. The smallest absolute Gasteiger partial charge is 0.0988 e. The predicted octanol–water partition coefficient (Wildman–Crippen LogP) is 4.76. The molecule has 2 aromatic carbocycles. The number of aliphatic hydroxyl groups excluding tert-OH is 1. The van der Waals surface area contributed by atoms with E-state index in [2.05, 4.69) is 58.4 Å². The molecular formula is C27H32N2O2. The van der Waals surface area contributed by atoms with Gasteiger partial charge in [-0.3, -0.25) is 0 Å². The summed E-state index contributed by atoms with van der Waals surface area (Å²) in [5.41, 5.74) is 6.57. The number of para-hydroxylation sites is 2. The third-order valence-electron chi connectivity index (χ3n) is 8.04. The fourth-order valence-electron chi connectivity index (χ4n) is 6.56. The molecule has 3 aliphatic rings. The van der Waals surface area contributed by atoms with E-state index in [1.165, 1.54) is 46.3 Å². The predicted molar refractivity (Wildman–Crippen MR) is 123 cm³/mol. The van der Waals surface area contributed by atoms with Crippen molar-refractivity contribution >= 4 is 10.9 Å². The van der Waals surface area contributed by atoms with E-state index in [0.29, 0.717) is 31.0 Å². The number of aliphatic hydroxyl groups is 1. The third-order valence-corrected chi connectivity index (χ3v) is 8.04. The lowest BCUT2D eigenvalue weighted by atomic mass is 9.69. The van der Waals surface area contributed by atoms with E-state index in [0.717, 1.165) is 32.4 Å². The van der Waals surface area contributed by atoms with Gasteiger partial charge in [-0.2, -0.15) is 0 Å². The van der Waals surface area contributed by atoms with Gasteiger partial charge in [-0.25, -0.2) is 0 Å². The molecule has 31 heavy (non-hydrogen) atoms. The largest absolute Gasteiger partial charge is 0.396 e. The molecule has 1 aliphatic carbocycles. The minimum absolute atomic E-state index is 0.0625. The molecule has 1 fully saturated rings. The molecule has 0 amide bonds. The zero-order valence-corrected chi connectivity index (χ0v) is 18.1. The van der Waals surface area contributed by atoms with Crippen molar-refractivity contribution in [2.45, 2.75) is 44.8 Å². The molecule has 0 radical (unpaired) electrons. The van der Waals surface area contributed by atoms with Crippen LogP contribution in [0.5, 0.6) is 0 Å². The van der Waals surface area contributed by atoms with E-state index in [4.69, 9.17) is 4.74 Å². The summed E-state index contributed by atoms with van der Waals surface area (Å²) in [6.07, 6.45) is 5.71. The highest BCUT2D eigenvalue weighted by atomic mass is 16.5. The Labute approximate surface area is 184 Å². The molecule has 4 nitrogen and oxygen atoms in total. The van der Waals surface area contributed by atoms with Gasteiger partial charge >= 0.3 is 0 Å². The lowest BCUT2D eigenvalue weighted by Crippen LogP contribution is -2.39. The molecule has 1 unspecified atom stereocenters. The van der Waals surface area contributed by atoms with Crippen LogP contribution in [-0.4, -0.2) is 29.4 Å². The third kappa shape index (κ3) is 3.24. The topological polar surface area (TPSA) is 46.4 Å². The van der Waals surface area contributed by atoms with Gasteiger partial charge in [-0.15, -0.1) is 0 Å². The average Bonchev–Trinajstić information content (AvgIpc) is 3.04. The first-order valence-electron chi connectivity index (χ1n) is 12.0. The standard InChI is InChI=1S/C27H32N2O2/c30-16-19-8-5-7-18-15-28-13-12-22-21-9-2-4-11-25(21)29-24-10-3-1-6-20(24)17-31-26(27(22)29)14-23(18)19/h1-4,6,9-11,18-19,23,26,28,30H,5,7-8,12-17H2/t18-,19+,23-,26?/m0/s1. The van der Waals surface area contributed by atoms with Crippen LogP contribution in [-0.2, 0) is 17.8 Å². The quantitative estimate of drug-likeness (QED) is 0.601. The summed E-state index contributed by atoms with van der Waals surface area (Å²) in [6.45, 7) is 2.99. The van der Waals surface area contributed by atoms with Gasteiger partial charge in [0.05, 0.1) is 29.6 Å². The Bertz CT molecular complexity index is 1090. The Kier molecular flexibility index (Phi) is 5.10. The Morgan fingerprint density at radius 1 is 1.06 bits per heavy atom. The first-order valence-corrected chi connectivity index (χ1v) is 12.0. The van der Waals surface area contributed by atoms with Crippen LogP contribution in [0.4, 0.5) is 0 Å². The molecule has 3 aromatic rings. The highest BCUT2D eigenvalue weighted by Gasteiger charge is 2.38. The molecule has 2 aliphatic heterocycles. The number of benzene rings is 2. The molecular weight excluding hydrogens is 384 g/mol. The van der Waals surface area contributed by atoms with Gasteiger partial charge in [-0.1, -0.05) is 42.8 Å². The van der Waals surface area contributed by atoms with E-state index >= 15 is 0 Å². The molecule has 0 spiro atoms. The SMILES string of the molecule is OC[C@H]1CCC[C@H]2CNCCc3c4n(c5ccccc35)-c3ccccc3COC4C[C@H]12. The molecule has 0 saturated heterocycles. The maximum Gasteiger partial charge on any atom is 0.0988 e. The van der Waals surface area contributed by atoms with Crippen molar-refractivity contribution in [2.75, 3.05) is 19.7 Å². The maximum absolute atomic E-state index is 10.2. The summed E-state index contributed by atoms with van der Waals surface area (Å²) in [4.78, 5) is 0. The number of nitrogens with one attached hydrogen (secondary N) is 1. The van der Waals surface area contributed by atoms with Gasteiger partial charge < -0.3 is 19.7 Å². The fraction of sp³-hybridized carbons (Fsp3) is 0.481. The number of aromatic nitrogens is 1. The first-order chi connectivity index (χ1) is 15.3. The van der Waals surface area contributed by atoms with Crippen LogP contribution in [0.2, 0.25) is 0 Å². The number of nitrogens with zero attached hydrogens (tertiary/aromatic N) is 1. The van der Waals surface area contributed by atoms with Crippen molar-refractivity contribution in [2.24, 2.45) is 17.8 Å². The number of ether oxygens (including phenoxy) is 1. The van der Waals surface area contributed by atoms with Gasteiger partial charge in [0.25, 0.3) is 0 Å². The molecule has 0 bridgehead atoms. The minimum atomic E-state index is 0.0625. The van der Waals surface area contributed by atoms with Crippen LogP contribution in [0.25, 0.3) is 16.6 Å². The van der Waals surface area contributed by atoms with Gasteiger partial charge in [0, 0.05) is 17.6 Å². The molecule has 1 aromatic heterocycles. The zero-order valence-electron chi connectivity index (χ0n) is 18.1. The molecule has 3 heterocycles. The number of rotatable bonds is 1. The summed E-state index contributed by atoms with van der Waals surface area (Å²) in [5, 5.41) is 15.3. The summed E-state index contributed by atoms with van der Waals surface area (Å²) >= 11 is 0. The normalized spacial score (nSPS) is 28.3. The lowest BCUT2D eigenvalue weighted by Gasteiger charge is -2.40. The molecule has 1 saturated carbocycles. The second-order valence-electron chi connectivity index (χ2n) is 9.63. The van der Waals surface area contributed by atoms with Crippen molar-refractivity contribution in [3.63, 3.8) is 0 Å². The van der Waals surface area contributed by atoms with Gasteiger partial charge in [-0.05, 0) is 74.2 Å². The Balaban J connectivity index is 1.56. The van der Waals surface area contributed by atoms with E-state index < -0.39 is 0 Å².